The second-order valence-corrected chi connectivity index (χ2v) is 7.89. The van der Waals surface area contributed by atoms with Gasteiger partial charge in [-0.3, -0.25) is 9.88 Å². The van der Waals surface area contributed by atoms with Crippen LogP contribution in [0.1, 0.15) is 5.69 Å². The molecule has 0 amide bonds. The first-order valence-corrected chi connectivity index (χ1v) is 10.5. The molecule has 1 aliphatic rings. The highest BCUT2D eigenvalue weighted by atomic mass is 19.4. The predicted octanol–water partition coefficient (Wildman–Crippen LogP) is 4.70. The average molecular weight is 437 g/mol. The van der Waals surface area contributed by atoms with E-state index in [2.05, 4.69) is 32.6 Å². The second kappa shape index (κ2) is 8.37. The molecule has 0 atom stereocenters. The topological polar surface area (TPSA) is 36.7 Å². The molecule has 3 aromatic heterocycles. The Labute approximate surface area is 183 Å². The lowest BCUT2D eigenvalue weighted by Gasteiger charge is -2.35. The van der Waals surface area contributed by atoms with Gasteiger partial charge in [-0.05, 0) is 35.4 Å². The number of rotatable bonds is 4. The summed E-state index contributed by atoms with van der Waals surface area (Å²) in [6, 6.07) is 17.9. The number of imidazole rings is 1. The number of alkyl halides is 3. The van der Waals surface area contributed by atoms with Crippen LogP contribution in [0.5, 0.6) is 0 Å². The normalized spacial score (nSPS) is 16.0. The van der Waals surface area contributed by atoms with Gasteiger partial charge in [0.1, 0.15) is 5.65 Å². The van der Waals surface area contributed by atoms with E-state index >= 15 is 0 Å². The van der Waals surface area contributed by atoms with E-state index in [1.807, 2.05) is 42.5 Å². The van der Waals surface area contributed by atoms with E-state index in [0.29, 0.717) is 24.5 Å². The van der Waals surface area contributed by atoms with Crippen molar-refractivity contribution in [1.82, 2.24) is 24.2 Å². The van der Waals surface area contributed by atoms with Gasteiger partial charge < -0.3 is 4.40 Å². The fraction of sp³-hybridized carbons (Fsp3) is 0.250. The van der Waals surface area contributed by atoms with E-state index in [9.17, 15) is 13.2 Å². The highest BCUT2D eigenvalue weighted by Crippen LogP contribution is 2.29. The highest BCUT2D eigenvalue weighted by molar-refractivity contribution is 5.69. The molecule has 4 aromatic rings. The molecular weight excluding hydrogens is 415 g/mol. The van der Waals surface area contributed by atoms with Crippen LogP contribution in [0.4, 0.5) is 13.2 Å². The number of piperazine rings is 1. The third-order valence-electron chi connectivity index (χ3n) is 5.86. The van der Waals surface area contributed by atoms with Gasteiger partial charge in [-0.25, -0.2) is 9.88 Å². The summed E-state index contributed by atoms with van der Waals surface area (Å²) >= 11 is 0. The Bertz CT molecular complexity index is 1200. The zero-order chi connectivity index (χ0) is 22.1. The summed E-state index contributed by atoms with van der Waals surface area (Å²) in [7, 11) is 0. The minimum absolute atomic E-state index is 0.0300. The third-order valence-corrected chi connectivity index (χ3v) is 5.86. The van der Waals surface area contributed by atoms with Gasteiger partial charge in [-0.1, -0.05) is 30.3 Å². The van der Waals surface area contributed by atoms with Crippen molar-refractivity contribution < 1.29 is 13.2 Å². The lowest BCUT2D eigenvalue weighted by Crippen LogP contribution is -2.51. The van der Waals surface area contributed by atoms with E-state index in [1.165, 1.54) is 0 Å². The van der Waals surface area contributed by atoms with Crippen molar-refractivity contribution in [3.05, 3.63) is 78.9 Å². The van der Waals surface area contributed by atoms with E-state index in [1.54, 1.807) is 12.4 Å². The summed E-state index contributed by atoms with van der Waals surface area (Å²) in [6.45, 7) is 1.14. The van der Waals surface area contributed by atoms with Gasteiger partial charge in [-0.15, -0.1) is 0 Å². The van der Waals surface area contributed by atoms with E-state index in [-0.39, 0.29) is 13.1 Å². The van der Waals surface area contributed by atoms with Crippen LogP contribution in [-0.4, -0.2) is 56.6 Å². The van der Waals surface area contributed by atoms with Gasteiger partial charge in [0.15, 0.2) is 0 Å². The predicted molar refractivity (Wildman–Crippen MR) is 117 cm³/mol. The molecule has 0 saturated carbocycles. The van der Waals surface area contributed by atoms with Crippen molar-refractivity contribution in [3.63, 3.8) is 0 Å². The summed E-state index contributed by atoms with van der Waals surface area (Å²) in [5.41, 5.74) is 5.59. The molecule has 0 aliphatic carbocycles. The molecule has 1 saturated heterocycles. The number of hydrogen-bond donors (Lipinski definition) is 0. The first kappa shape index (κ1) is 20.7. The van der Waals surface area contributed by atoms with Crippen LogP contribution in [0.15, 0.2) is 73.2 Å². The van der Waals surface area contributed by atoms with Crippen molar-refractivity contribution >= 4 is 5.65 Å². The molecule has 164 valence electrons. The van der Waals surface area contributed by atoms with E-state index in [0.717, 1.165) is 33.7 Å². The number of pyridine rings is 2. The molecule has 1 fully saturated rings. The van der Waals surface area contributed by atoms with Crippen LogP contribution in [0.3, 0.4) is 0 Å². The summed E-state index contributed by atoms with van der Waals surface area (Å²) in [5, 5.41) is 0. The van der Waals surface area contributed by atoms with Gasteiger partial charge >= 0.3 is 6.30 Å². The Kier molecular flexibility index (Phi) is 5.40. The summed E-state index contributed by atoms with van der Waals surface area (Å²) in [4.78, 5) is 11.7. The molecule has 32 heavy (non-hydrogen) atoms. The lowest BCUT2D eigenvalue weighted by atomic mass is 10.1. The van der Waals surface area contributed by atoms with Crippen LogP contribution < -0.4 is 0 Å². The maximum atomic E-state index is 13.0. The summed E-state index contributed by atoms with van der Waals surface area (Å²) in [6.07, 6.45) is 1.26. The van der Waals surface area contributed by atoms with Crippen LogP contribution in [0.25, 0.3) is 28.0 Å². The Morgan fingerprint density at radius 3 is 2.25 bits per heavy atom. The molecule has 1 aromatic carbocycles. The number of fused-ring (bicyclic) bond motifs is 1. The molecule has 5 nitrogen and oxygen atoms in total. The van der Waals surface area contributed by atoms with Crippen LogP contribution in [-0.2, 0) is 6.54 Å². The SMILES string of the molecule is FC(F)(F)N1CCN(Cc2c(-c3cccnc3)nc3ccc(-c4ccccc4)cn23)CC1. The first-order chi connectivity index (χ1) is 15.5. The van der Waals surface area contributed by atoms with Crippen molar-refractivity contribution in [2.24, 2.45) is 0 Å². The zero-order valence-electron chi connectivity index (χ0n) is 17.3. The minimum Gasteiger partial charge on any atom is -0.301 e. The van der Waals surface area contributed by atoms with Gasteiger partial charge in [-0.2, -0.15) is 13.2 Å². The Balaban J connectivity index is 1.53. The molecule has 0 bridgehead atoms. The Hall–Kier alpha value is -3.23. The van der Waals surface area contributed by atoms with Crippen molar-refractivity contribution in [2.75, 3.05) is 26.2 Å². The molecular formula is C24H22F3N5. The molecule has 1 aliphatic heterocycles. The number of halogens is 3. The Morgan fingerprint density at radius 1 is 0.812 bits per heavy atom. The largest absolute Gasteiger partial charge is 0.460 e. The van der Waals surface area contributed by atoms with E-state index < -0.39 is 6.30 Å². The van der Waals surface area contributed by atoms with Crippen LogP contribution in [0, 0.1) is 0 Å². The lowest BCUT2D eigenvalue weighted by molar-refractivity contribution is -0.252. The van der Waals surface area contributed by atoms with Gasteiger partial charge in [0.05, 0.1) is 11.4 Å². The molecule has 5 rings (SSSR count). The second-order valence-electron chi connectivity index (χ2n) is 7.89. The number of nitrogens with zero attached hydrogens (tertiary/aromatic N) is 5. The van der Waals surface area contributed by atoms with Crippen molar-refractivity contribution in [3.8, 4) is 22.4 Å². The first-order valence-electron chi connectivity index (χ1n) is 10.5. The molecule has 0 N–H and O–H groups in total. The molecule has 0 spiro atoms. The van der Waals surface area contributed by atoms with Gasteiger partial charge in [0.2, 0.25) is 0 Å². The standard InChI is InChI=1S/C24H22F3N5/c25-24(26,27)31-13-11-30(12-14-31)17-21-23(19-7-4-10-28-15-19)29-22-9-8-20(16-32(21)22)18-5-2-1-3-6-18/h1-10,15-16H,11-14,17H2. The molecule has 8 heteroatoms. The fourth-order valence-corrected chi connectivity index (χ4v) is 4.15. The quantitative estimate of drug-likeness (QED) is 0.434. The summed E-state index contributed by atoms with van der Waals surface area (Å²) in [5.74, 6) is 0. The van der Waals surface area contributed by atoms with Crippen LogP contribution >= 0.6 is 0 Å². The zero-order valence-corrected chi connectivity index (χ0v) is 17.3. The molecule has 0 radical (unpaired) electrons. The fourth-order valence-electron chi connectivity index (χ4n) is 4.15. The van der Waals surface area contributed by atoms with Gasteiger partial charge in [0, 0.05) is 56.9 Å². The van der Waals surface area contributed by atoms with Crippen molar-refractivity contribution in [1.29, 1.82) is 0 Å². The Morgan fingerprint density at radius 2 is 1.56 bits per heavy atom. The number of hydrogen-bond acceptors (Lipinski definition) is 4. The van der Waals surface area contributed by atoms with Gasteiger partial charge in [0.25, 0.3) is 0 Å². The van der Waals surface area contributed by atoms with Crippen molar-refractivity contribution in [2.45, 2.75) is 12.8 Å². The smallest absolute Gasteiger partial charge is 0.301 e. The number of aromatic nitrogens is 3. The third kappa shape index (κ3) is 4.11. The average Bonchev–Trinajstić information content (AvgIpc) is 3.17. The summed E-state index contributed by atoms with van der Waals surface area (Å²) < 4.78 is 41.2. The number of benzene rings is 1. The maximum Gasteiger partial charge on any atom is 0.460 e. The van der Waals surface area contributed by atoms with Crippen LogP contribution in [0.2, 0.25) is 0 Å². The minimum atomic E-state index is -4.28. The van der Waals surface area contributed by atoms with E-state index in [4.69, 9.17) is 4.98 Å². The molecule has 4 heterocycles. The highest BCUT2D eigenvalue weighted by Gasteiger charge is 2.38. The maximum absolute atomic E-state index is 13.0. The molecule has 0 unspecified atom stereocenters. The monoisotopic (exact) mass is 437 g/mol.